The molecular formula is C34H26Cl2N2O2. The summed E-state index contributed by atoms with van der Waals surface area (Å²) in [6.45, 7) is 0. The molecule has 5 rings (SSSR count). The summed E-state index contributed by atoms with van der Waals surface area (Å²) in [5.74, 6) is -0.894. The third-order valence-electron chi connectivity index (χ3n) is 6.63. The molecule has 2 amide bonds. The Bertz CT molecular complexity index is 1390. The van der Waals surface area contributed by atoms with Gasteiger partial charge in [0.25, 0.3) is 11.8 Å². The largest absolute Gasteiger partial charge is 0.341 e. The van der Waals surface area contributed by atoms with Crippen LogP contribution in [0.15, 0.2) is 133 Å². The number of nitrogens with one attached hydrogen (secondary N) is 2. The van der Waals surface area contributed by atoms with Crippen LogP contribution in [0.4, 0.5) is 0 Å². The zero-order valence-corrected chi connectivity index (χ0v) is 22.9. The molecule has 0 atom stereocenters. The molecule has 0 saturated heterocycles. The van der Waals surface area contributed by atoms with Crippen molar-refractivity contribution in [2.75, 3.05) is 0 Å². The molecule has 0 heterocycles. The molecule has 4 nitrogen and oxygen atoms in total. The Morgan fingerprint density at radius 2 is 0.700 bits per heavy atom. The summed E-state index contributed by atoms with van der Waals surface area (Å²) < 4.78 is 0. The van der Waals surface area contributed by atoms with Gasteiger partial charge in [-0.3, -0.25) is 9.59 Å². The first-order valence-electron chi connectivity index (χ1n) is 12.8. The van der Waals surface area contributed by atoms with Gasteiger partial charge in [-0.1, -0.05) is 145 Å². The molecule has 2 N–H and O–H groups in total. The van der Waals surface area contributed by atoms with Gasteiger partial charge in [-0.2, -0.15) is 0 Å². The van der Waals surface area contributed by atoms with Crippen LogP contribution in [0.3, 0.4) is 0 Å². The van der Waals surface area contributed by atoms with Gasteiger partial charge >= 0.3 is 0 Å². The first-order valence-corrected chi connectivity index (χ1v) is 13.6. The van der Waals surface area contributed by atoms with Crippen LogP contribution in [0, 0.1) is 0 Å². The van der Waals surface area contributed by atoms with E-state index in [1.165, 1.54) is 12.1 Å². The fraction of sp³-hybridized carbons (Fsp3) is 0.0588. The van der Waals surface area contributed by atoms with Gasteiger partial charge in [-0.25, -0.2) is 0 Å². The molecule has 0 bridgehead atoms. The van der Waals surface area contributed by atoms with Crippen LogP contribution in [-0.4, -0.2) is 11.8 Å². The fourth-order valence-electron chi connectivity index (χ4n) is 4.64. The minimum atomic E-state index is -0.447. The smallest absolute Gasteiger partial charge is 0.252 e. The fourth-order valence-corrected chi connectivity index (χ4v) is 4.97. The van der Waals surface area contributed by atoms with Crippen LogP contribution in [0.5, 0.6) is 0 Å². The molecule has 0 radical (unpaired) electrons. The molecule has 198 valence electrons. The minimum Gasteiger partial charge on any atom is -0.341 e. The lowest BCUT2D eigenvalue weighted by molar-refractivity contribution is 0.0908. The average molecular weight is 566 g/mol. The molecule has 0 aromatic heterocycles. The van der Waals surface area contributed by atoms with Gasteiger partial charge in [-0.05, 0) is 34.4 Å². The lowest BCUT2D eigenvalue weighted by Gasteiger charge is -2.23. The van der Waals surface area contributed by atoms with Crippen molar-refractivity contribution in [2.45, 2.75) is 12.1 Å². The van der Waals surface area contributed by atoms with E-state index in [1.807, 2.05) is 121 Å². The van der Waals surface area contributed by atoms with E-state index in [0.29, 0.717) is 0 Å². The van der Waals surface area contributed by atoms with Gasteiger partial charge in [0.05, 0.1) is 33.3 Å². The molecule has 40 heavy (non-hydrogen) atoms. The van der Waals surface area contributed by atoms with Crippen LogP contribution >= 0.6 is 23.2 Å². The lowest BCUT2D eigenvalue weighted by Crippen LogP contribution is -2.34. The maximum Gasteiger partial charge on any atom is 0.252 e. The highest BCUT2D eigenvalue weighted by atomic mass is 35.5. The zero-order chi connectivity index (χ0) is 27.9. The van der Waals surface area contributed by atoms with Crippen molar-refractivity contribution in [3.05, 3.63) is 177 Å². The molecule has 5 aromatic rings. The number of hydrogen-bond acceptors (Lipinski definition) is 2. The molecule has 0 spiro atoms. The van der Waals surface area contributed by atoms with Crippen molar-refractivity contribution >= 4 is 35.0 Å². The maximum absolute atomic E-state index is 13.8. The topological polar surface area (TPSA) is 58.2 Å². The summed E-state index contributed by atoms with van der Waals surface area (Å²) in [7, 11) is 0. The van der Waals surface area contributed by atoms with E-state index in [9.17, 15) is 9.59 Å². The quantitative estimate of drug-likeness (QED) is 0.200. The first-order chi connectivity index (χ1) is 19.5. The van der Waals surface area contributed by atoms with Gasteiger partial charge in [0.2, 0.25) is 0 Å². The summed E-state index contributed by atoms with van der Waals surface area (Å²) in [6.07, 6.45) is 0. The second-order valence-electron chi connectivity index (χ2n) is 9.27. The van der Waals surface area contributed by atoms with Crippen molar-refractivity contribution in [2.24, 2.45) is 0 Å². The Balaban J connectivity index is 1.50. The molecule has 0 aliphatic carbocycles. The molecule has 0 unspecified atom stereocenters. The number of carbonyl (C=O) groups is 2. The summed E-state index contributed by atoms with van der Waals surface area (Å²) in [5, 5.41) is 6.57. The molecule has 0 fully saturated rings. The highest BCUT2D eigenvalue weighted by molar-refractivity contribution is 6.42. The molecule has 6 heteroatoms. The first kappa shape index (κ1) is 27.2. The van der Waals surface area contributed by atoms with E-state index in [1.54, 1.807) is 0 Å². The van der Waals surface area contributed by atoms with Gasteiger partial charge in [0.15, 0.2) is 0 Å². The summed E-state index contributed by atoms with van der Waals surface area (Å²) in [4.78, 5) is 27.6. The van der Waals surface area contributed by atoms with E-state index in [2.05, 4.69) is 10.6 Å². The highest BCUT2D eigenvalue weighted by Gasteiger charge is 2.25. The van der Waals surface area contributed by atoms with Crippen molar-refractivity contribution < 1.29 is 9.59 Å². The van der Waals surface area contributed by atoms with Gasteiger partial charge in [-0.15, -0.1) is 0 Å². The number of rotatable bonds is 8. The monoisotopic (exact) mass is 564 g/mol. The van der Waals surface area contributed by atoms with Crippen molar-refractivity contribution in [1.29, 1.82) is 0 Å². The number of hydrogen-bond donors (Lipinski definition) is 2. The number of halogens is 2. The maximum atomic E-state index is 13.8. The Hall–Kier alpha value is -4.38. The van der Waals surface area contributed by atoms with Crippen molar-refractivity contribution in [3.8, 4) is 0 Å². The predicted molar refractivity (Wildman–Crippen MR) is 161 cm³/mol. The van der Waals surface area contributed by atoms with Crippen LogP contribution in [0.25, 0.3) is 0 Å². The molecule has 0 saturated carbocycles. The Morgan fingerprint density at radius 3 is 0.950 bits per heavy atom. The van der Waals surface area contributed by atoms with E-state index < -0.39 is 23.9 Å². The van der Waals surface area contributed by atoms with Gasteiger partial charge in [0, 0.05) is 0 Å². The summed E-state index contributed by atoms with van der Waals surface area (Å²) >= 11 is 12.7. The van der Waals surface area contributed by atoms with Crippen molar-refractivity contribution in [1.82, 2.24) is 10.6 Å². The van der Waals surface area contributed by atoms with Crippen LogP contribution in [-0.2, 0) is 0 Å². The number of amides is 2. The minimum absolute atomic E-state index is 0.128. The number of benzene rings is 5. The molecule has 5 aromatic carbocycles. The van der Waals surface area contributed by atoms with Gasteiger partial charge < -0.3 is 10.6 Å². The van der Waals surface area contributed by atoms with E-state index in [-0.39, 0.29) is 21.2 Å². The van der Waals surface area contributed by atoms with Crippen molar-refractivity contribution in [3.63, 3.8) is 0 Å². The standard InChI is InChI=1S/C34H26Cl2N2O2/c35-29-21-27(33(39)37-31(23-13-5-1-6-14-23)24-15-7-2-8-16-24)28(22-30(29)36)34(40)38-32(25-17-9-3-10-18-25)26-19-11-4-12-20-26/h1-22,31-32H,(H,37,39)(H,38,40). The summed E-state index contributed by atoms with van der Waals surface area (Å²) in [5.41, 5.74) is 3.87. The lowest BCUT2D eigenvalue weighted by atomic mass is 9.96. The van der Waals surface area contributed by atoms with Crippen LogP contribution in [0.2, 0.25) is 10.0 Å². The van der Waals surface area contributed by atoms with E-state index >= 15 is 0 Å². The predicted octanol–water partition coefficient (Wildman–Crippen LogP) is 8.03. The third-order valence-corrected chi connectivity index (χ3v) is 7.35. The highest BCUT2D eigenvalue weighted by Crippen LogP contribution is 2.29. The van der Waals surface area contributed by atoms with E-state index in [4.69, 9.17) is 23.2 Å². The second kappa shape index (κ2) is 12.6. The normalized spacial score (nSPS) is 10.9. The molecule has 0 aliphatic heterocycles. The number of carbonyl (C=O) groups excluding carboxylic acids is 2. The van der Waals surface area contributed by atoms with Crippen LogP contribution < -0.4 is 10.6 Å². The molecular weight excluding hydrogens is 539 g/mol. The molecule has 0 aliphatic rings. The Kier molecular flexibility index (Phi) is 8.60. The van der Waals surface area contributed by atoms with Gasteiger partial charge in [0.1, 0.15) is 0 Å². The van der Waals surface area contributed by atoms with Crippen LogP contribution in [0.1, 0.15) is 55.1 Å². The Labute approximate surface area is 243 Å². The third kappa shape index (κ3) is 6.26. The van der Waals surface area contributed by atoms with E-state index in [0.717, 1.165) is 22.3 Å². The second-order valence-corrected chi connectivity index (χ2v) is 10.1. The summed E-state index contributed by atoms with van der Waals surface area (Å²) in [6, 6.07) is 40.6. The average Bonchev–Trinajstić information content (AvgIpc) is 3.01. The zero-order valence-electron chi connectivity index (χ0n) is 21.4. The Morgan fingerprint density at radius 1 is 0.450 bits per heavy atom. The SMILES string of the molecule is O=C(NC(c1ccccc1)c1ccccc1)c1cc(Cl)c(Cl)cc1C(=O)NC(c1ccccc1)c1ccccc1.